The van der Waals surface area contributed by atoms with Crippen LogP contribution in [-0.2, 0) is 6.42 Å². The van der Waals surface area contributed by atoms with E-state index in [4.69, 9.17) is 0 Å². The van der Waals surface area contributed by atoms with E-state index in [0.29, 0.717) is 36.2 Å². The average Bonchev–Trinajstić information content (AvgIpc) is 2.55. The molecule has 0 saturated carbocycles. The summed E-state index contributed by atoms with van der Waals surface area (Å²) in [4.78, 5) is 37.7. The number of benzene rings is 1. The van der Waals surface area contributed by atoms with Gasteiger partial charge in [-0.05, 0) is 57.0 Å². The standard InChI is InChI=1S/C19H19FN2O3/c1-11(2)21-18(24)15-10-14-16(4-3-5-17(14)23)22(19(15)25)13-8-6-12(20)7-9-13/h6-11H,3-5H2,1-2H3,(H,21,24). The quantitative estimate of drug-likeness (QED) is 0.932. The zero-order valence-corrected chi connectivity index (χ0v) is 14.1. The molecule has 0 saturated heterocycles. The van der Waals surface area contributed by atoms with Gasteiger partial charge in [-0.1, -0.05) is 0 Å². The van der Waals surface area contributed by atoms with Gasteiger partial charge in [-0.25, -0.2) is 4.39 Å². The van der Waals surface area contributed by atoms with Crippen molar-refractivity contribution in [2.24, 2.45) is 0 Å². The van der Waals surface area contributed by atoms with Crippen LogP contribution in [0.4, 0.5) is 4.39 Å². The van der Waals surface area contributed by atoms with Gasteiger partial charge >= 0.3 is 0 Å². The van der Waals surface area contributed by atoms with Crippen molar-refractivity contribution in [1.29, 1.82) is 0 Å². The van der Waals surface area contributed by atoms with Crippen LogP contribution in [0, 0.1) is 5.82 Å². The number of hydrogen-bond acceptors (Lipinski definition) is 3. The highest BCUT2D eigenvalue weighted by Gasteiger charge is 2.26. The Labute approximate surface area is 144 Å². The average molecular weight is 342 g/mol. The first kappa shape index (κ1) is 17.1. The second kappa shape index (κ2) is 6.63. The first-order chi connectivity index (χ1) is 11.9. The minimum absolute atomic E-state index is 0.0768. The zero-order chi connectivity index (χ0) is 18.1. The Bertz CT molecular complexity index is 898. The van der Waals surface area contributed by atoms with Crippen LogP contribution >= 0.6 is 0 Å². The molecule has 0 unspecified atom stereocenters. The van der Waals surface area contributed by atoms with Gasteiger partial charge in [0.25, 0.3) is 11.5 Å². The van der Waals surface area contributed by atoms with Crippen LogP contribution in [-0.4, -0.2) is 22.3 Å². The van der Waals surface area contributed by atoms with E-state index in [1.54, 1.807) is 13.8 Å². The number of fused-ring (bicyclic) bond motifs is 1. The smallest absolute Gasteiger partial charge is 0.268 e. The molecule has 5 nitrogen and oxygen atoms in total. The van der Waals surface area contributed by atoms with Gasteiger partial charge in [-0.15, -0.1) is 0 Å². The topological polar surface area (TPSA) is 68.2 Å². The van der Waals surface area contributed by atoms with Gasteiger partial charge in [0.2, 0.25) is 0 Å². The molecule has 6 heteroatoms. The molecule has 25 heavy (non-hydrogen) atoms. The van der Waals surface area contributed by atoms with Crippen LogP contribution in [0.2, 0.25) is 0 Å². The predicted molar refractivity (Wildman–Crippen MR) is 91.9 cm³/mol. The zero-order valence-electron chi connectivity index (χ0n) is 14.1. The number of aromatic nitrogens is 1. The maximum Gasteiger partial charge on any atom is 0.268 e. The minimum atomic E-state index is -0.517. The fraction of sp³-hybridized carbons (Fsp3) is 0.316. The Morgan fingerprint density at radius 1 is 1.16 bits per heavy atom. The molecule has 1 N–H and O–H groups in total. The number of carbonyl (C=O) groups excluding carboxylic acids is 2. The number of Topliss-reactive ketones (excluding diaryl/α,β-unsaturated/α-hetero) is 1. The van der Waals surface area contributed by atoms with Crippen molar-refractivity contribution < 1.29 is 14.0 Å². The van der Waals surface area contributed by atoms with E-state index < -0.39 is 17.3 Å². The molecular formula is C19H19FN2O3. The molecule has 0 radical (unpaired) electrons. The van der Waals surface area contributed by atoms with Crippen molar-refractivity contribution in [1.82, 2.24) is 9.88 Å². The summed E-state index contributed by atoms with van der Waals surface area (Å²) in [6.45, 7) is 3.58. The highest BCUT2D eigenvalue weighted by molar-refractivity contribution is 6.02. The fourth-order valence-corrected chi connectivity index (χ4v) is 3.06. The second-order valence-corrected chi connectivity index (χ2v) is 6.44. The number of rotatable bonds is 3. The molecule has 1 heterocycles. The maximum atomic E-state index is 13.2. The van der Waals surface area contributed by atoms with Crippen LogP contribution in [0.5, 0.6) is 0 Å². The van der Waals surface area contributed by atoms with Gasteiger partial charge in [0.05, 0.1) is 0 Å². The molecule has 0 bridgehead atoms. The molecule has 1 amide bonds. The molecule has 2 aromatic rings. The lowest BCUT2D eigenvalue weighted by atomic mass is 9.92. The third kappa shape index (κ3) is 3.24. The lowest BCUT2D eigenvalue weighted by molar-refractivity contribution is 0.0941. The summed E-state index contributed by atoms with van der Waals surface area (Å²) in [6, 6.07) is 6.70. The van der Waals surface area contributed by atoms with Gasteiger partial charge in [0.1, 0.15) is 11.4 Å². The summed E-state index contributed by atoms with van der Waals surface area (Å²) in [7, 11) is 0. The third-order valence-corrected chi connectivity index (χ3v) is 4.17. The number of carbonyl (C=O) groups is 2. The summed E-state index contributed by atoms with van der Waals surface area (Å²) in [5, 5.41) is 2.69. The number of nitrogens with zero attached hydrogens (tertiary/aromatic N) is 1. The van der Waals surface area contributed by atoms with Crippen LogP contribution < -0.4 is 10.9 Å². The Morgan fingerprint density at radius 2 is 1.84 bits per heavy atom. The molecule has 1 aromatic carbocycles. The molecule has 1 aromatic heterocycles. The number of ketones is 1. The summed E-state index contributed by atoms with van der Waals surface area (Å²) in [6.07, 6.45) is 1.59. The van der Waals surface area contributed by atoms with Crippen molar-refractivity contribution in [3.63, 3.8) is 0 Å². The molecule has 0 atom stereocenters. The van der Waals surface area contributed by atoms with Gasteiger partial charge in [-0.2, -0.15) is 0 Å². The normalized spacial score (nSPS) is 13.7. The minimum Gasteiger partial charge on any atom is -0.350 e. The fourth-order valence-electron chi connectivity index (χ4n) is 3.06. The van der Waals surface area contributed by atoms with Crippen LogP contribution in [0.15, 0.2) is 35.1 Å². The molecule has 1 aliphatic rings. The van der Waals surface area contributed by atoms with Gasteiger partial charge in [0.15, 0.2) is 5.78 Å². The molecule has 3 rings (SSSR count). The van der Waals surface area contributed by atoms with Crippen LogP contribution in [0.1, 0.15) is 53.1 Å². The van der Waals surface area contributed by atoms with E-state index >= 15 is 0 Å². The molecule has 0 spiro atoms. The maximum absolute atomic E-state index is 13.2. The monoisotopic (exact) mass is 342 g/mol. The highest BCUT2D eigenvalue weighted by atomic mass is 19.1. The number of pyridine rings is 1. The van der Waals surface area contributed by atoms with Crippen molar-refractivity contribution in [2.75, 3.05) is 0 Å². The molecule has 1 aliphatic carbocycles. The highest BCUT2D eigenvalue weighted by Crippen LogP contribution is 2.23. The lowest BCUT2D eigenvalue weighted by Crippen LogP contribution is -2.38. The summed E-state index contributed by atoms with van der Waals surface area (Å²) >= 11 is 0. The van der Waals surface area contributed by atoms with E-state index in [0.717, 1.165) is 0 Å². The summed E-state index contributed by atoms with van der Waals surface area (Å²) in [5.41, 5.74) is 0.833. The molecule has 0 fully saturated rings. The Morgan fingerprint density at radius 3 is 2.48 bits per heavy atom. The Kier molecular flexibility index (Phi) is 4.53. The molecule has 130 valence electrons. The first-order valence-electron chi connectivity index (χ1n) is 8.27. The molecule has 0 aliphatic heterocycles. The van der Waals surface area contributed by atoms with E-state index in [1.165, 1.54) is 34.9 Å². The van der Waals surface area contributed by atoms with Crippen molar-refractivity contribution in [3.05, 3.63) is 63.3 Å². The van der Waals surface area contributed by atoms with Crippen LogP contribution in [0.25, 0.3) is 5.69 Å². The predicted octanol–water partition coefficient (Wildman–Crippen LogP) is 2.63. The van der Waals surface area contributed by atoms with Gasteiger partial charge in [0, 0.05) is 29.4 Å². The first-order valence-corrected chi connectivity index (χ1v) is 8.27. The molecular weight excluding hydrogens is 323 g/mol. The number of nitrogens with one attached hydrogen (secondary N) is 1. The van der Waals surface area contributed by atoms with Crippen LogP contribution in [0.3, 0.4) is 0 Å². The number of hydrogen-bond donors (Lipinski definition) is 1. The van der Waals surface area contributed by atoms with Crippen molar-refractivity contribution in [3.8, 4) is 5.69 Å². The Hall–Kier alpha value is -2.76. The van der Waals surface area contributed by atoms with E-state index in [1.807, 2.05) is 0 Å². The third-order valence-electron chi connectivity index (χ3n) is 4.17. The van der Waals surface area contributed by atoms with Crippen molar-refractivity contribution >= 4 is 11.7 Å². The summed E-state index contributed by atoms with van der Waals surface area (Å²) < 4.78 is 14.6. The Balaban J connectivity index is 2.26. The van der Waals surface area contributed by atoms with Crippen molar-refractivity contribution in [2.45, 2.75) is 39.2 Å². The largest absolute Gasteiger partial charge is 0.350 e. The van der Waals surface area contributed by atoms with Gasteiger partial charge < -0.3 is 5.32 Å². The second-order valence-electron chi connectivity index (χ2n) is 6.44. The summed E-state index contributed by atoms with van der Waals surface area (Å²) in [5.74, 6) is -1.02. The number of halogens is 1. The van der Waals surface area contributed by atoms with E-state index in [9.17, 15) is 18.8 Å². The van der Waals surface area contributed by atoms with E-state index in [2.05, 4.69) is 5.32 Å². The SMILES string of the molecule is CC(C)NC(=O)c1cc2c(n(-c3ccc(F)cc3)c1=O)CCCC2=O. The number of amides is 1. The van der Waals surface area contributed by atoms with E-state index in [-0.39, 0.29) is 17.4 Å². The lowest BCUT2D eigenvalue weighted by Gasteiger charge is -2.22. The van der Waals surface area contributed by atoms with Gasteiger partial charge in [-0.3, -0.25) is 19.0 Å².